The summed E-state index contributed by atoms with van der Waals surface area (Å²) in [7, 11) is 0. The van der Waals surface area contributed by atoms with E-state index >= 15 is 0 Å². The Balaban J connectivity index is 1.85. The Hall–Kier alpha value is -2.60. The van der Waals surface area contributed by atoms with E-state index in [0.717, 1.165) is 17.3 Å². The summed E-state index contributed by atoms with van der Waals surface area (Å²) in [5.41, 5.74) is 1.32. The SMILES string of the molecule is CCOc1ccc(N2C(=O)S/C(=C\c3cccnc3)C2=O)cc1. The monoisotopic (exact) mass is 326 g/mol. The third-order valence-electron chi connectivity index (χ3n) is 3.18. The van der Waals surface area contributed by atoms with Gasteiger partial charge in [0, 0.05) is 12.4 Å². The second-order valence-electron chi connectivity index (χ2n) is 4.73. The van der Waals surface area contributed by atoms with Crippen LogP contribution in [0.1, 0.15) is 12.5 Å². The number of hydrogen-bond acceptors (Lipinski definition) is 5. The molecule has 3 rings (SSSR count). The molecule has 1 aromatic carbocycles. The van der Waals surface area contributed by atoms with Gasteiger partial charge in [-0.3, -0.25) is 14.6 Å². The Morgan fingerprint density at radius 2 is 2.00 bits per heavy atom. The smallest absolute Gasteiger partial charge is 0.298 e. The number of carbonyl (C=O) groups excluding carboxylic acids is 2. The molecule has 1 saturated heterocycles. The van der Waals surface area contributed by atoms with Gasteiger partial charge in [-0.15, -0.1) is 0 Å². The number of carbonyl (C=O) groups is 2. The van der Waals surface area contributed by atoms with Crippen molar-refractivity contribution in [1.29, 1.82) is 0 Å². The van der Waals surface area contributed by atoms with Crippen LogP contribution in [0.3, 0.4) is 0 Å². The number of anilines is 1. The predicted molar refractivity (Wildman–Crippen MR) is 90.3 cm³/mol. The van der Waals surface area contributed by atoms with Crippen molar-refractivity contribution in [2.24, 2.45) is 0 Å². The summed E-state index contributed by atoms with van der Waals surface area (Å²) in [6.45, 7) is 2.46. The summed E-state index contributed by atoms with van der Waals surface area (Å²) in [5, 5.41) is -0.311. The van der Waals surface area contributed by atoms with Crippen molar-refractivity contribution in [3.05, 3.63) is 59.3 Å². The van der Waals surface area contributed by atoms with Crippen LogP contribution in [0.4, 0.5) is 10.5 Å². The van der Waals surface area contributed by atoms with E-state index in [4.69, 9.17) is 4.74 Å². The van der Waals surface area contributed by atoms with Crippen LogP contribution in [0, 0.1) is 0 Å². The Kier molecular flexibility index (Phi) is 4.43. The van der Waals surface area contributed by atoms with Crippen molar-refractivity contribution in [3.63, 3.8) is 0 Å². The molecule has 116 valence electrons. The van der Waals surface area contributed by atoms with Crippen molar-refractivity contribution < 1.29 is 14.3 Å². The van der Waals surface area contributed by atoms with Gasteiger partial charge < -0.3 is 4.74 Å². The Morgan fingerprint density at radius 1 is 1.22 bits per heavy atom. The fourth-order valence-corrected chi connectivity index (χ4v) is 3.00. The first-order valence-corrected chi connectivity index (χ1v) is 7.91. The molecule has 2 amide bonds. The van der Waals surface area contributed by atoms with E-state index in [1.54, 1.807) is 48.8 Å². The second-order valence-corrected chi connectivity index (χ2v) is 5.72. The van der Waals surface area contributed by atoms with Gasteiger partial charge >= 0.3 is 0 Å². The van der Waals surface area contributed by atoms with Gasteiger partial charge in [0.2, 0.25) is 0 Å². The summed E-state index contributed by atoms with van der Waals surface area (Å²) in [6.07, 6.45) is 4.97. The molecule has 6 heteroatoms. The molecule has 2 aromatic rings. The van der Waals surface area contributed by atoms with Crippen LogP contribution in [0.25, 0.3) is 6.08 Å². The number of benzene rings is 1. The molecule has 0 bridgehead atoms. The lowest BCUT2D eigenvalue weighted by atomic mass is 10.2. The molecule has 1 aliphatic heterocycles. The first-order valence-electron chi connectivity index (χ1n) is 7.10. The van der Waals surface area contributed by atoms with Gasteiger partial charge in [-0.05, 0) is 60.7 Å². The Morgan fingerprint density at radius 3 is 2.65 bits per heavy atom. The van der Waals surface area contributed by atoms with Crippen LogP contribution >= 0.6 is 11.8 Å². The lowest BCUT2D eigenvalue weighted by molar-refractivity contribution is -0.113. The molecule has 0 atom stereocenters. The minimum atomic E-state index is -0.326. The minimum Gasteiger partial charge on any atom is -0.494 e. The summed E-state index contributed by atoms with van der Waals surface area (Å²) in [6, 6.07) is 10.5. The first-order chi connectivity index (χ1) is 11.2. The number of amides is 2. The van der Waals surface area contributed by atoms with Crippen LogP contribution in [0.5, 0.6) is 5.75 Å². The van der Waals surface area contributed by atoms with Crippen LogP contribution < -0.4 is 9.64 Å². The van der Waals surface area contributed by atoms with E-state index in [0.29, 0.717) is 22.9 Å². The average Bonchev–Trinajstić information content (AvgIpc) is 2.84. The quantitative estimate of drug-likeness (QED) is 0.801. The Bertz CT molecular complexity index is 757. The molecular formula is C17H14N2O3S. The highest BCUT2D eigenvalue weighted by Gasteiger charge is 2.36. The second kappa shape index (κ2) is 6.66. The summed E-state index contributed by atoms with van der Waals surface area (Å²) >= 11 is 0.925. The van der Waals surface area contributed by atoms with Gasteiger partial charge in [0.15, 0.2) is 0 Å². The van der Waals surface area contributed by atoms with Gasteiger partial charge in [-0.2, -0.15) is 0 Å². The lowest BCUT2D eigenvalue weighted by Gasteiger charge is -2.13. The third kappa shape index (κ3) is 3.27. The van der Waals surface area contributed by atoms with Crippen LogP contribution in [0.15, 0.2) is 53.7 Å². The van der Waals surface area contributed by atoms with E-state index < -0.39 is 0 Å². The van der Waals surface area contributed by atoms with Gasteiger partial charge in [0.25, 0.3) is 11.1 Å². The number of hydrogen-bond donors (Lipinski definition) is 0. The third-order valence-corrected chi connectivity index (χ3v) is 4.05. The first kappa shape index (κ1) is 15.3. The molecule has 1 aliphatic rings. The summed E-state index contributed by atoms with van der Waals surface area (Å²) in [4.78, 5) is 30.2. The maximum atomic E-state index is 12.5. The predicted octanol–water partition coefficient (Wildman–Crippen LogP) is 3.72. The highest BCUT2D eigenvalue weighted by molar-refractivity contribution is 8.19. The van der Waals surface area contributed by atoms with Gasteiger partial charge in [0.05, 0.1) is 17.2 Å². The molecule has 5 nitrogen and oxygen atoms in total. The van der Waals surface area contributed by atoms with E-state index in [1.807, 2.05) is 13.0 Å². The number of aromatic nitrogens is 1. The van der Waals surface area contributed by atoms with Crippen LogP contribution in [0.2, 0.25) is 0 Å². The zero-order valence-corrected chi connectivity index (χ0v) is 13.2. The standard InChI is InChI=1S/C17H14N2O3S/c1-2-22-14-7-5-13(6-8-14)19-16(20)15(23-17(19)21)10-12-4-3-9-18-11-12/h3-11H,2H2,1H3/b15-10-. The normalized spacial score (nSPS) is 16.2. The number of pyridine rings is 1. The molecule has 0 N–H and O–H groups in total. The minimum absolute atomic E-state index is 0.311. The van der Waals surface area contributed by atoms with Gasteiger partial charge in [-0.25, -0.2) is 4.90 Å². The fourth-order valence-electron chi connectivity index (χ4n) is 2.16. The van der Waals surface area contributed by atoms with Crippen molar-refractivity contribution in [2.75, 3.05) is 11.5 Å². The molecule has 1 fully saturated rings. The highest BCUT2D eigenvalue weighted by atomic mass is 32.2. The van der Waals surface area contributed by atoms with E-state index in [9.17, 15) is 9.59 Å². The van der Waals surface area contributed by atoms with Gasteiger partial charge in [-0.1, -0.05) is 6.07 Å². The number of rotatable bonds is 4. The maximum Gasteiger partial charge on any atom is 0.298 e. The molecule has 0 saturated carbocycles. The Labute approximate surface area is 138 Å². The fraction of sp³-hybridized carbons (Fsp3) is 0.118. The molecule has 0 unspecified atom stereocenters. The van der Waals surface area contributed by atoms with Crippen molar-refractivity contribution in [3.8, 4) is 5.75 Å². The number of thioether (sulfide) groups is 1. The molecule has 0 radical (unpaired) electrons. The zero-order chi connectivity index (χ0) is 16.2. The van der Waals surface area contributed by atoms with Crippen molar-refractivity contribution >= 4 is 34.7 Å². The van der Waals surface area contributed by atoms with Crippen LogP contribution in [-0.4, -0.2) is 22.7 Å². The molecule has 1 aromatic heterocycles. The number of nitrogens with zero attached hydrogens (tertiary/aromatic N) is 2. The topological polar surface area (TPSA) is 59.5 Å². The van der Waals surface area contributed by atoms with E-state index in [1.165, 1.54) is 4.90 Å². The van der Waals surface area contributed by atoms with E-state index in [-0.39, 0.29) is 11.1 Å². The van der Waals surface area contributed by atoms with Crippen LogP contribution in [-0.2, 0) is 4.79 Å². The van der Waals surface area contributed by atoms with Crippen molar-refractivity contribution in [1.82, 2.24) is 4.98 Å². The summed E-state index contributed by atoms with van der Waals surface area (Å²) < 4.78 is 5.37. The largest absolute Gasteiger partial charge is 0.494 e. The maximum absolute atomic E-state index is 12.5. The zero-order valence-electron chi connectivity index (χ0n) is 12.4. The molecule has 2 heterocycles. The number of ether oxygens (including phenoxy) is 1. The highest BCUT2D eigenvalue weighted by Crippen LogP contribution is 2.36. The molecule has 0 aliphatic carbocycles. The molecule has 23 heavy (non-hydrogen) atoms. The van der Waals surface area contributed by atoms with Gasteiger partial charge in [0.1, 0.15) is 5.75 Å². The number of imide groups is 1. The average molecular weight is 326 g/mol. The lowest BCUT2D eigenvalue weighted by Crippen LogP contribution is -2.27. The van der Waals surface area contributed by atoms with Crippen molar-refractivity contribution in [2.45, 2.75) is 6.92 Å². The van der Waals surface area contributed by atoms with E-state index in [2.05, 4.69) is 4.98 Å². The molecule has 0 spiro atoms. The molecular weight excluding hydrogens is 312 g/mol. The summed E-state index contributed by atoms with van der Waals surface area (Å²) in [5.74, 6) is 0.377.